The summed E-state index contributed by atoms with van der Waals surface area (Å²) < 4.78 is 10.9. The molecule has 0 spiro atoms. The second-order valence-electron chi connectivity index (χ2n) is 5.03. The number of ether oxygens (including phenoxy) is 2. The Kier molecular flexibility index (Phi) is 5.82. The Labute approximate surface area is 120 Å². The molecule has 0 radical (unpaired) electrons. The monoisotopic (exact) mass is 280 g/mol. The van der Waals surface area contributed by atoms with E-state index in [-0.39, 0.29) is 18.1 Å². The van der Waals surface area contributed by atoms with Crippen molar-refractivity contribution in [3.05, 3.63) is 23.8 Å². The SMILES string of the molecule is COc1cc(C(=O)N(C)C(C)CN)ccc1OC(C)C. The lowest BCUT2D eigenvalue weighted by Crippen LogP contribution is -2.39. The van der Waals surface area contributed by atoms with Gasteiger partial charge in [-0.3, -0.25) is 4.79 Å². The highest BCUT2D eigenvalue weighted by Gasteiger charge is 2.18. The number of rotatable bonds is 6. The van der Waals surface area contributed by atoms with Crippen LogP contribution in [0.3, 0.4) is 0 Å². The summed E-state index contributed by atoms with van der Waals surface area (Å²) in [7, 11) is 3.30. The first kappa shape index (κ1) is 16.3. The number of methoxy groups -OCH3 is 1. The highest BCUT2D eigenvalue weighted by Crippen LogP contribution is 2.29. The lowest BCUT2D eigenvalue weighted by Gasteiger charge is -2.24. The molecule has 5 heteroatoms. The molecule has 5 nitrogen and oxygen atoms in total. The van der Waals surface area contributed by atoms with Crippen molar-refractivity contribution in [2.45, 2.75) is 32.9 Å². The van der Waals surface area contributed by atoms with Gasteiger partial charge in [-0.2, -0.15) is 0 Å². The number of carbonyl (C=O) groups is 1. The molecule has 1 amide bonds. The molecule has 1 aromatic rings. The third-order valence-electron chi connectivity index (χ3n) is 3.10. The zero-order valence-corrected chi connectivity index (χ0v) is 12.8. The van der Waals surface area contributed by atoms with E-state index in [2.05, 4.69) is 0 Å². The molecule has 0 heterocycles. The average molecular weight is 280 g/mol. The fraction of sp³-hybridized carbons (Fsp3) is 0.533. The smallest absolute Gasteiger partial charge is 0.254 e. The Morgan fingerprint density at radius 3 is 2.45 bits per heavy atom. The molecule has 0 saturated carbocycles. The molecule has 0 saturated heterocycles. The van der Waals surface area contributed by atoms with Crippen molar-refractivity contribution < 1.29 is 14.3 Å². The molecule has 2 N–H and O–H groups in total. The van der Waals surface area contributed by atoms with Crippen molar-refractivity contribution in [3.8, 4) is 11.5 Å². The van der Waals surface area contributed by atoms with E-state index in [9.17, 15) is 4.79 Å². The summed E-state index contributed by atoms with van der Waals surface area (Å²) in [4.78, 5) is 13.9. The Hall–Kier alpha value is -1.75. The first-order valence-corrected chi connectivity index (χ1v) is 6.72. The molecule has 0 bridgehead atoms. The van der Waals surface area contributed by atoms with Crippen LogP contribution in [-0.4, -0.2) is 43.7 Å². The van der Waals surface area contributed by atoms with E-state index in [1.165, 1.54) is 0 Å². The molecule has 0 aromatic heterocycles. The number of carbonyl (C=O) groups excluding carboxylic acids is 1. The highest BCUT2D eigenvalue weighted by atomic mass is 16.5. The van der Waals surface area contributed by atoms with Crippen molar-refractivity contribution >= 4 is 5.91 Å². The third-order valence-corrected chi connectivity index (χ3v) is 3.10. The molecule has 1 aromatic carbocycles. The van der Waals surface area contributed by atoms with E-state index < -0.39 is 0 Å². The number of hydrogen-bond donors (Lipinski definition) is 1. The van der Waals surface area contributed by atoms with Crippen LogP contribution in [-0.2, 0) is 0 Å². The van der Waals surface area contributed by atoms with Gasteiger partial charge < -0.3 is 20.1 Å². The maximum absolute atomic E-state index is 12.3. The Morgan fingerprint density at radius 1 is 1.30 bits per heavy atom. The molecular formula is C15H24N2O3. The molecule has 1 atom stereocenters. The van der Waals surface area contributed by atoms with Gasteiger partial charge in [0, 0.05) is 25.2 Å². The summed E-state index contributed by atoms with van der Waals surface area (Å²) >= 11 is 0. The van der Waals surface area contributed by atoms with Crippen LogP contribution in [0.2, 0.25) is 0 Å². The van der Waals surface area contributed by atoms with Gasteiger partial charge in [-0.25, -0.2) is 0 Å². The van der Waals surface area contributed by atoms with E-state index in [1.54, 1.807) is 37.3 Å². The van der Waals surface area contributed by atoms with Gasteiger partial charge in [-0.1, -0.05) is 0 Å². The predicted molar refractivity (Wildman–Crippen MR) is 79.4 cm³/mol. The predicted octanol–water partition coefficient (Wildman–Crippen LogP) is 1.90. The summed E-state index contributed by atoms with van der Waals surface area (Å²) in [5.41, 5.74) is 6.14. The molecule has 1 rings (SSSR count). The van der Waals surface area contributed by atoms with Gasteiger partial charge in [0.2, 0.25) is 0 Å². The van der Waals surface area contributed by atoms with Gasteiger partial charge in [0.25, 0.3) is 5.91 Å². The van der Waals surface area contributed by atoms with Crippen LogP contribution in [0.25, 0.3) is 0 Å². The maximum Gasteiger partial charge on any atom is 0.254 e. The lowest BCUT2D eigenvalue weighted by molar-refractivity contribution is 0.0748. The maximum atomic E-state index is 12.3. The minimum atomic E-state index is -0.0858. The Bertz CT molecular complexity index is 460. The summed E-state index contributed by atoms with van der Waals surface area (Å²) in [5, 5.41) is 0. The van der Waals surface area contributed by atoms with E-state index in [0.717, 1.165) is 0 Å². The molecule has 0 aliphatic rings. The number of likely N-dealkylation sites (N-methyl/N-ethyl adjacent to an activating group) is 1. The topological polar surface area (TPSA) is 64.8 Å². The fourth-order valence-corrected chi connectivity index (χ4v) is 1.71. The van der Waals surface area contributed by atoms with E-state index in [0.29, 0.717) is 23.6 Å². The quantitative estimate of drug-likeness (QED) is 0.864. The van der Waals surface area contributed by atoms with Crippen LogP contribution < -0.4 is 15.2 Å². The fourth-order valence-electron chi connectivity index (χ4n) is 1.71. The summed E-state index contributed by atoms with van der Waals surface area (Å²) in [6, 6.07) is 5.18. The summed E-state index contributed by atoms with van der Waals surface area (Å²) in [5.74, 6) is 1.10. The van der Waals surface area contributed by atoms with Gasteiger partial charge in [0.15, 0.2) is 11.5 Å². The first-order valence-electron chi connectivity index (χ1n) is 6.72. The standard InChI is InChI=1S/C15H24N2O3/c1-10(2)20-13-7-6-12(8-14(13)19-5)15(18)17(4)11(3)9-16/h6-8,10-11H,9,16H2,1-5H3. The van der Waals surface area contributed by atoms with Crippen LogP contribution >= 0.6 is 0 Å². The normalized spacial score (nSPS) is 12.2. The largest absolute Gasteiger partial charge is 0.493 e. The van der Waals surface area contributed by atoms with Crippen molar-refractivity contribution in [2.75, 3.05) is 20.7 Å². The molecule has 112 valence electrons. The van der Waals surface area contributed by atoms with E-state index in [4.69, 9.17) is 15.2 Å². The van der Waals surface area contributed by atoms with Crippen LogP contribution in [0, 0.1) is 0 Å². The molecule has 1 unspecified atom stereocenters. The summed E-state index contributed by atoms with van der Waals surface area (Å²) in [6.07, 6.45) is 0.0467. The van der Waals surface area contributed by atoms with Crippen molar-refractivity contribution in [2.24, 2.45) is 5.73 Å². The van der Waals surface area contributed by atoms with Gasteiger partial charge in [0.05, 0.1) is 13.2 Å². The minimum Gasteiger partial charge on any atom is -0.493 e. The van der Waals surface area contributed by atoms with Gasteiger partial charge in [-0.15, -0.1) is 0 Å². The van der Waals surface area contributed by atoms with E-state index in [1.807, 2.05) is 20.8 Å². The number of nitrogens with two attached hydrogens (primary N) is 1. The van der Waals surface area contributed by atoms with Gasteiger partial charge in [0.1, 0.15) is 0 Å². The van der Waals surface area contributed by atoms with Crippen molar-refractivity contribution in [1.29, 1.82) is 0 Å². The zero-order chi connectivity index (χ0) is 15.3. The second kappa shape index (κ2) is 7.14. The van der Waals surface area contributed by atoms with Crippen LogP contribution in [0.1, 0.15) is 31.1 Å². The van der Waals surface area contributed by atoms with Crippen molar-refractivity contribution in [1.82, 2.24) is 4.90 Å². The number of hydrogen-bond acceptors (Lipinski definition) is 4. The van der Waals surface area contributed by atoms with Crippen LogP contribution in [0.5, 0.6) is 11.5 Å². The van der Waals surface area contributed by atoms with Crippen LogP contribution in [0.15, 0.2) is 18.2 Å². The summed E-state index contributed by atoms with van der Waals surface area (Å²) in [6.45, 7) is 6.21. The third kappa shape index (κ3) is 3.87. The average Bonchev–Trinajstić information content (AvgIpc) is 2.44. The number of amides is 1. The van der Waals surface area contributed by atoms with E-state index >= 15 is 0 Å². The second-order valence-corrected chi connectivity index (χ2v) is 5.03. The molecular weight excluding hydrogens is 256 g/mol. The van der Waals surface area contributed by atoms with Gasteiger partial charge in [-0.05, 0) is 39.0 Å². The lowest BCUT2D eigenvalue weighted by atomic mass is 10.1. The highest BCUT2D eigenvalue weighted by molar-refractivity contribution is 5.95. The number of benzene rings is 1. The minimum absolute atomic E-state index is 0.0138. The van der Waals surface area contributed by atoms with Gasteiger partial charge >= 0.3 is 0 Å². The molecule has 0 fully saturated rings. The molecule has 0 aliphatic carbocycles. The van der Waals surface area contributed by atoms with Crippen molar-refractivity contribution in [3.63, 3.8) is 0 Å². The Balaban J connectivity index is 3.00. The number of nitrogens with zero attached hydrogens (tertiary/aromatic N) is 1. The first-order chi connectivity index (χ1) is 9.40. The van der Waals surface area contributed by atoms with Crippen LogP contribution in [0.4, 0.5) is 0 Å². The molecule has 20 heavy (non-hydrogen) atoms. The molecule has 0 aliphatic heterocycles. The zero-order valence-electron chi connectivity index (χ0n) is 12.8. The Morgan fingerprint density at radius 2 is 1.95 bits per heavy atom.